The second kappa shape index (κ2) is 5.47. The third kappa shape index (κ3) is 2.17. The molecule has 0 saturated carbocycles. The molecule has 0 bridgehead atoms. The van der Waals surface area contributed by atoms with E-state index in [1.165, 1.54) is 26.5 Å². The maximum Gasteiger partial charge on any atom is 0.120 e. The van der Waals surface area contributed by atoms with Crippen molar-refractivity contribution in [3.8, 4) is 5.75 Å². The summed E-state index contributed by atoms with van der Waals surface area (Å²) in [6.07, 6.45) is 0. The van der Waals surface area contributed by atoms with Crippen molar-refractivity contribution in [1.82, 2.24) is 0 Å². The van der Waals surface area contributed by atoms with Gasteiger partial charge in [0.25, 0.3) is 0 Å². The molecule has 1 aliphatic rings. The Bertz CT molecular complexity index is 857. The van der Waals surface area contributed by atoms with Gasteiger partial charge in [0, 0.05) is 15.2 Å². The molecule has 1 nitrogen and oxygen atoms in total. The van der Waals surface area contributed by atoms with Crippen LogP contribution in [0.3, 0.4) is 0 Å². The Morgan fingerprint density at radius 3 is 2.26 bits per heavy atom. The van der Waals surface area contributed by atoms with Crippen LogP contribution in [0.25, 0.3) is 0 Å². The molecule has 0 fully saturated rings. The molecule has 1 atom stereocenters. The molecular weight excluding hydrogens is 300 g/mol. The minimum absolute atomic E-state index is 0.148. The summed E-state index contributed by atoms with van der Waals surface area (Å²) in [4.78, 5) is 2.59. The summed E-state index contributed by atoms with van der Waals surface area (Å²) in [5, 5.41) is 0. The second-order valence-electron chi connectivity index (χ2n) is 5.95. The Labute approximate surface area is 141 Å². The van der Waals surface area contributed by atoms with Crippen LogP contribution in [0.1, 0.15) is 23.6 Å². The van der Waals surface area contributed by atoms with Crippen molar-refractivity contribution >= 4 is 11.8 Å². The first-order chi connectivity index (χ1) is 11.2. The van der Waals surface area contributed by atoms with Crippen molar-refractivity contribution in [1.29, 1.82) is 0 Å². The van der Waals surface area contributed by atoms with Crippen LogP contribution in [-0.4, -0.2) is 7.11 Å². The fraction of sp³-hybridized carbons (Fsp3) is 0.143. The molecule has 0 radical (unpaired) electrons. The Hall–Kier alpha value is -2.19. The molecule has 0 spiro atoms. The average molecular weight is 318 g/mol. The van der Waals surface area contributed by atoms with Crippen LogP contribution in [0, 0.1) is 0 Å². The van der Waals surface area contributed by atoms with Crippen LogP contribution in [0.5, 0.6) is 5.75 Å². The van der Waals surface area contributed by atoms with E-state index < -0.39 is 0 Å². The summed E-state index contributed by atoms with van der Waals surface area (Å²) in [6, 6.07) is 25.9. The minimum atomic E-state index is -0.148. The molecule has 3 aromatic rings. The first-order valence-electron chi connectivity index (χ1n) is 7.75. The smallest absolute Gasteiger partial charge is 0.120 e. The van der Waals surface area contributed by atoms with E-state index in [0.717, 1.165) is 5.75 Å². The van der Waals surface area contributed by atoms with Gasteiger partial charge in [0.2, 0.25) is 0 Å². The van der Waals surface area contributed by atoms with Gasteiger partial charge >= 0.3 is 0 Å². The van der Waals surface area contributed by atoms with Crippen molar-refractivity contribution in [2.45, 2.75) is 22.1 Å². The molecule has 23 heavy (non-hydrogen) atoms. The lowest BCUT2D eigenvalue weighted by Gasteiger charge is -2.38. The van der Waals surface area contributed by atoms with Crippen molar-refractivity contribution in [3.63, 3.8) is 0 Å². The van der Waals surface area contributed by atoms with E-state index in [9.17, 15) is 0 Å². The van der Waals surface area contributed by atoms with Gasteiger partial charge in [-0.2, -0.15) is 0 Å². The third-order valence-electron chi connectivity index (χ3n) is 4.72. The Morgan fingerprint density at radius 2 is 1.48 bits per heavy atom. The summed E-state index contributed by atoms with van der Waals surface area (Å²) in [5.74, 6) is 0.908. The number of methoxy groups -OCH3 is 1. The van der Waals surface area contributed by atoms with Crippen LogP contribution < -0.4 is 4.74 Å². The number of hydrogen-bond acceptors (Lipinski definition) is 2. The van der Waals surface area contributed by atoms with Gasteiger partial charge in [-0.25, -0.2) is 0 Å². The number of benzene rings is 3. The van der Waals surface area contributed by atoms with Crippen molar-refractivity contribution in [2.75, 3.05) is 7.11 Å². The summed E-state index contributed by atoms with van der Waals surface area (Å²) < 4.78 is 5.43. The summed E-state index contributed by atoms with van der Waals surface area (Å²) in [6.45, 7) is 2.33. The fourth-order valence-corrected chi connectivity index (χ4v) is 4.76. The number of rotatable bonds is 2. The number of fused-ring (bicyclic) bond motifs is 2. The lowest BCUT2D eigenvalue weighted by molar-refractivity contribution is 0.413. The van der Waals surface area contributed by atoms with Gasteiger partial charge < -0.3 is 4.74 Å². The third-order valence-corrected chi connectivity index (χ3v) is 5.86. The van der Waals surface area contributed by atoms with Gasteiger partial charge in [-0.3, -0.25) is 0 Å². The molecule has 2 heteroatoms. The van der Waals surface area contributed by atoms with Crippen LogP contribution in [0.15, 0.2) is 82.6 Å². The molecule has 0 amide bonds. The summed E-state index contributed by atoms with van der Waals surface area (Å²) in [7, 11) is 1.72. The van der Waals surface area contributed by atoms with Crippen LogP contribution in [0.2, 0.25) is 0 Å². The zero-order valence-electron chi connectivity index (χ0n) is 13.2. The normalized spacial score (nSPS) is 18.9. The SMILES string of the molecule is COc1ccc2c(c1)Sc1ccccc1C2(C)c1ccccc1. The van der Waals surface area contributed by atoms with Gasteiger partial charge in [0.15, 0.2) is 0 Å². The zero-order chi connectivity index (χ0) is 15.9. The van der Waals surface area contributed by atoms with Gasteiger partial charge in [-0.1, -0.05) is 66.4 Å². The van der Waals surface area contributed by atoms with E-state index in [4.69, 9.17) is 4.74 Å². The molecule has 3 aromatic carbocycles. The van der Waals surface area contributed by atoms with E-state index in [1.54, 1.807) is 7.11 Å². The van der Waals surface area contributed by atoms with Crippen molar-refractivity contribution in [2.24, 2.45) is 0 Å². The number of ether oxygens (including phenoxy) is 1. The maximum absolute atomic E-state index is 5.43. The molecule has 0 aliphatic carbocycles. The van der Waals surface area contributed by atoms with Crippen LogP contribution in [-0.2, 0) is 5.41 Å². The lowest BCUT2D eigenvalue weighted by atomic mass is 9.71. The molecule has 1 unspecified atom stereocenters. The highest BCUT2D eigenvalue weighted by atomic mass is 32.2. The molecular formula is C21H18OS. The molecule has 114 valence electrons. The van der Waals surface area contributed by atoms with Crippen LogP contribution in [0.4, 0.5) is 0 Å². The first-order valence-corrected chi connectivity index (χ1v) is 8.56. The highest BCUT2D eigenvalue weighted by Gasteiger charge is 2.38. The quantitative estimate of drug-likeness (QED) is 0.616. The predicted molar refractivity (Wildman–Crippen MR) is 95.6 cm³/mol. The fourth-order valence-electron chi connectivity index (χ4n) is 3.44. The molecule has 1 aliphatic heterocycles. The highest BCUT2D eigenvalue weighted by Crippen LogP contribution is 2.52. The molecule has 4 rings (SSSR count). The Balaban J connectivity index is 2.02. The summed E-state index contributed by atoms with van der Waals surface area (Å²) >= 11 is 1.83. The summed E-state index contributed by atoms with van der Waals surface area (Å²) in [5.41, 5.74) is 3.88. The predicted octanol–water partition coefficient (Wildman–Crippen LogP) is 5.51. The first kappa shape index (κ1) is 14.4. The molecule has 0 saturated heterocycles. The second-order valence-corrected chi connectivity index (χ2v) is 7.04. The van der Waals surface area contributed by atoms with Gasteiger partial charge in [-0.05, 0) is 41.8 Å². The van der Waals surface area contributed by atoms with E-state index in [1.807, 2.05) is 11.8 Å². The van der Waals surface area contributed by atoms with E-state index >= 15 is 0 Å². The van der Waals surface area contributed by atoms with Gasteiger partial charge in [-0.15, -0.1) is 0 Å². The van der Waals surface area contributed by atoms with Crippen molar-refractivity contribution < 1.29 is 4.74 Å². The van der Waals surface area contributed by atoms with E-state index in [2.05, 4.69) is 79.7 Å². The van der Waals surface area contributed by atoms with Crippen LogP contribution >= 0.6 is 11.8 Å². The Morgan fingerprint density at radius 1 is 0.783 bits per heavy atom. The topological polar surface area (TPSA) is 9.23 Å². The van der Waals surface area contributed by atoms with Crippen molar-refractivity contribution in [3.05, 3.63) is 89.5 Å². The largest absolute Gasteiger partial charge is 0.497 e. The minimum Gasteiger partial charge on any atom is -0.497 e. The molecule has 0 N–H and O–H groups in total. The standard InChI is InChI=1S/C21H18OS/c1-21(15-8-4-3-5-9-15)17-10-6-7-11-19(17)23-20-14-16(22-2)12-13-18(20)21/h3-14H,1-2H3. The lowest BCUT2D eigenvalue weighted by Crippen LogP contribution is -2.29. The monoisotopic (exact) mass is 318 g/mol. The van der Waals surface area contributed by atoms with E-state index in [-0.39, 0.29) is 5.41 Å². The zero-order valence-corrected chi connectivity index (χ0v) is 14.1. The molecule has 1 heterocycles. The van der Waals surface area contributed by atoms with Gasteiger partial charge in [0.05, 0.1) is 7.11 Å². The number of hydrogen-bond donors (Lipinski definition) is 0. The average Bonchev–Trinajstić information content (AvgIpc) is 2.62. The van der Waals surface area contributed by atoms with Gasteiger partial charge in [0.1, 0.15) is 5.75 Å². The molecule has 0 aromatic heterocycles. The highest BCUT2D eigenvalue weighted by molar-refractivity contribution is 7.99. The maximum atomic E-state index is 5.43. The Kier molecular flexibility index (Phi) is 3.42. The van der Waals surface area contributed by atoms with E-state index in [0.29, 0.717) is 0 Å².